The van der Waals surface area contributed by atoms with Crippen LogP contribution in [0.2, 0.25) is 0 Å². The zero-order chi connectivity index (χ0) is 25.6. The quantitative estimate of drug-likeness (QED) is 0.528. The molecule has 9 heteroatoms. The molecule has 5 fully saturated rings. The van der Waals surface area contributed by atoms with Gasteiger partial charge in [0.05, 0.1) is 0 Å². The summed E-state index contributed by atoms with van der Waals surface area (Å²) in [6.45, 7) is 1.73. The Hall–Kier alpha value is -2.23. The highest BCUT2D eigenvalue weighted by Gasteiger charge is 2.54. The van der Waals surface area contributed by atoms with Gasteiger partial charge in [0.1, 0.15) is 4.21 Å². The molecule has 2 amide bonds. The molecule has 37 heavy (non-hydrogen) atoms. The maximum Gasteiger partial charge on any atom is 0.252 e. The van der Waals surface area contributed by atoms with E-state index in [1.54, 1.807) is 27.9 Å². The molecule has 4 saturated carbocycles. The molecular weight excluding hydrogens is 506 g/mol. The number of carbonyl (C=O) groups excluding carboxylic acids is 2. The first-order valence-corrected chi connectivity index (χ1v) is 15.8. The first-order chi connectivity index (χ1) is 17.8. The van der Waals surface area contributed by atoms with Crippen LogP contribution in [0.4, 0.5) is 0 Å². The number of hydrogen-bond donors (Lipinski definition) is 2. The molecule has 1 aromatic carbocycles. The van der Waals surface area contributed by atoms with Crippen molar-refractivity contribution >= 4 is 33.2 Å². The van der Waals surface area contributed by atoms with E-state index in [1.807, 2.05) is 18.2 Å². The summed E-state index contributed by atoms with van der Waals surface area (Å²) in [6.07, 6.45) is 7.82. The Morgan fingerprint density at radius 1 is 1.00 bits per heavy atom. The van der Waals surface area contributed by atoms with Gasteiger partial charge in [-0.05, 0) is 97.8 Å². The SMILES string of the molecule is O=C(NCc1csc(S(=O)(=O)N2CCC(CNC(=O)C34CC5CC(CC(C5)C3)C4)C2)c1)c1ccccc1. The molecule has 0 radical (unpaired) electrons. The van der Waals surface area contributed by atoms with Gasteiger partial charge in [-0.1, -0.05) is 18.2 Å². The minimum Gasteiger partial charge on any atom is -0.355 e. The van der Waals surface area contributed by atoms with E-state index in [1.165, 1.54) is 30.6 Å². The van der Waals surface area contributed by atoms with Crippen LogP contribution in [0.3, 0.4) is 0 Å². The third-order valence-corrected chi connectivity index (χ3v) is 12.4. The third-order valence-electron chi connectivity index (χ3n) is 9.03. The lowest BCUT2D eigenvalue weighted by Gasteiger charge is -2.55. The Morgan fingerprint density at radius 3 is 2.35 bits per heavy atom. The highest BCUT2D eigenvalue weighted by molar-refractivity contribution is 7.91. The lowest BCUT2D eigenvalue weighted by atomic mass is 9.49. The van der Waals surface area contributed by atoms with Crippen LogP contribution in [0.25, 0.3) is 0 Å². The van der Waals surface area contributed by atoms with Crippen LogP contribution in [0, 0.1) is 29.1 Å². The standard InChI is InChI=1S/C28H35N3O4S2/c32-26(24-4-2-1-3-5-24)29-16-23-11-25(36-18-23)37(34,35)31-7-6-19(17-31)15-30-27(33)28-12-20-8-21(13-28)10-22(9-20)14-28/h1-5,11,18-22H,6-10,12-17H2,(H,29,32)(H,30,33). The second kappa shape index (κ2) is 9.82. The van der Waals surface area contributed by atoms with E-state index in [-0.39, 0.29) is 29.7 Å². The van der Waals surface area contributed by atoms with Gasteiger partial charge in [-0.15, -0.1) is 11.3 Å². The molecule has 7 rings (SSSR count). The van der Waals surface area contributed by atoms with Crippen LogP contribution >= 0.6 is 11.3 Å². The van der Waals surface area contributed by atoms with Gasteiger partial charge in [-0.3, -0.25) is 9.59 Å². The predicted molar refractivity (Wildman–Crippen MR) is 142 cm³/mol. The average molecular weight is 542 g/mol. The number of benzene rings is 1. The maximum atomic E-state index is 13.3. The number of amides is 2. The summed E-state index contributed by atoms with van der Waals surface area (Å²) in [6, 6.07) is 10.6. The van der Waals surface area contributed by atoms with Crippen molar-refractivity contribution in [2.24, 2.45) is 29.1 Å². The zero-order valence-electron chi connectivity index (χ0n) is 21.0. The molecule has 0 spiro atoms. The third kappa shape index (κ3) is 4.98. The number of nitrogens with one attached hydrogen (secondary N) is 2. The Kier molecular flexibility index (Phi) is 6.65. The van der Waals surface area contributed by atoms with E-state index in [9.17, 15) is 18.0 Å². The van der Waals surface area contributed by atoms with Crippen molar-refractivity contribution in [1.29, 1.82) is 0 Å². The molecule has 198 valence electrons. The van der Waals surface area contributed by atoms with Crippen LogP contribution in [-0.2, 0) is 21.4 Å². The van der Waals surface area contributed by atoms with Crippen molar-refractivity contribution in [2.75, 3.05) is 19.6 Å². The first-order valence-electron chi connectivity index (χ1n) is 13.5. The Balaban J connectivity index is 1.01. The van der Waals surface area contributed by atoms with Gasteiger partial charge in [-0.25, -0.2) is 8.42 Å². The second-order valence-electron chi connectivity index (χ2n) is 11.7. The number of sulfonamides is 1. The molecular formula is C28H35N3O4S2. The van der Waals surface area contributed by atoms with Crippen molar-refractivity contribution in [3.8, 4) is 0 Å². The summed E-state index contributed by atoms with van der Waals surface area (Å²) in [5, 5.41) is 7.88. The molecule has 2 N–H and O–H groups in total. The predicted octanol–water partition coefficient (Wildman–Crippen LogP) is 4.02. The van der Waals surface area contributed by atoms with Crippen LogP contribution in [0.1, 0.15) is 60.9 Å². The van der Waals surface area contributed by atoms with Crippen LogP contribution in [0.15, 0.2) is 46.0 Å². The summed E-state index contributed by atoms with van der Waals surface area (Å²) in [7, 11) is -3.59. The molecule has 1 unspecified atom stereocenters. The fourth-order valence-electron chi connectivity index (χ4n) is 7.58. The smallest absolute Gasteiger partial charge is 0.252 e. The summed E-state index contributed by atoms with van der Waals surface area (Å²) in [5.74, 6) is 2.35. The minimum absolute atomic E-state index is 0.136. The van der Waals surface area contributed by atoms with E-state index < -0.39 is 10.0 Å². The summed E-state index contributed by atoms with van der Waals surface area (Å²) < 4.78 is 28.4. The molecule has 2 heterocycles. The van der Waals surface area contributed by atoms with Crippen LogP contribution in [-0.4, -0.2) is 44.2 Å². The summed E-state index contributed by atoms with van der Waals surface area (Å²) >= 11 is 1.19. The molecule has 1 atom stereocenters. The van der Waals surface area contributed by atoms with E-state index in [4.69, 9.17) is 0 Å². The fourth-order valence-corrected chi connectivity index (χ4v) is 10.5. The van der Waals surface area contributed by atoms with Crippen LogP contribution in [0.5, 0.6) is 0 Å². The second-order valence-corrected chi connectivity index (χ2v) is 14.8. The lowest BCUT2D eigenvalue weighted by Crippen LogP contribution is -2.54. The van der Waals surface area contributed by atoms with Gasteiger partial charge < -0.3 is 10.6 Å². The van der Waals surface area contributed by atoms with Crippen molar-refractivity contribution < 1.29 is 18.0 Å². The number of rotatable bonds is 8. The fraction of sp³-hybridized carbons (Fsp3) is 0.571. The van der Waals surface area contributed by atoms with E-state index >= 15 is 0 Å². The van der Waals surface area contributed by atoms with E-state index in [0.29, 0.717) is 29.4 Å². The molecule has 4 aliphatic carbocycles. The van der Waals surface area contributed by atoms with Gasteiger partial charge in [0, 0.05) is 37.2 Å². The zero-order valence-corrected chi connectivity index (χ0v) is 22.7. The lowest BCUT2D eigenvalue weighted by molar-refractivity contribution is -0.146. The Labute approximate surface area is 223 Å². The molecule has 5 aliphatic rings. The highest BCUT2D eigenvalue weighted by atomic mass is 32.2. The topological polar surface area (TPSA) is 95.6 Å². The molecule has 4 bridgehead atoms. The molecule has 1 saturated heterocycles. The number of thiophene rings is 1. The monoisotopic (exact) mass is 541 g/mol. The summed E-state index contributed by atoms with van der Waals surface area (Å²) in [5.41, 5.74) is 1.18. The Bertz CT molecular complexity index is 1240. The van der Waals surface area contributed by atoms with Crippen molar-refractivity contribution in [1.82, 2.24) is 14.9 Å². The Morgan fingerprint density at radius 2 is 1.68 bits per heavy atom. The largest absolute Gasteiger partial charge is 0.355 e. The molecule has 7 nitrogen and oxygen atoms in total. The molecule has 2 aromatic rings. The van der Waals surface area contributed by atoms with E-state index in [0.717, 1.165) is 49.0 Å². The minimum atomic E-state index is -3.59. The molecule has 1 aliphatic heterocycles. The molecule has 1 aromatic heterocycles. The van der Waals surface area contributed by atoms with Gasteiger partial charge in [-0.2, -0.15) is 4.31 Å². The van der Waals surface area contributed by atoms with Gasteiger partial charge in [0.15, 0.2) is 0 Å². The van der Waals surface area contributed by atoms with Crippen LogP contribution < -0.4 is 10.6 Å². The summed E-state index contributed by atoms with van der Waals surface area (Å²) in [4.78, 5) is 25.6. The van der Waals surface area contributed by atoms with Crippen molar-refractivity contribution in [3.63, 3.8) is 0 Å². The highest BCUT2D eigenvalue weighted by Crippen LogP contribution is 2.60. The van der Waals surface area contributed by atoms with Gasteiger partial charge in [0.25, 0.3) is 15.9 Å². The first kappa shape index (κ1) is 25.1. The number of hydrogen-bond acceptors (Lipinski definition) is 5. The average Bonchev–Trinajstić information content (AvgIpc) is 3.56. The maximum absolute atomic E-state index is 13.3. The van der Waals surface area contributed by atoms with Crippen molar-refractivity contribution in [2.45, 2.75) is 55.7 Å². The van der Waals surface area contributed by atoms with Gasteiger partial charge in [0.2, 0.25) is 5.91 Å². The van der Waals surface area contributed by atoms with Gasteiger partial charge >= 0.3 is 0 Å². The number of nitrogens with zero attached hydrogens (tertiary/aromatic N) is 1. The normalized spacial score (nSPS) is 30.9. The number of carbonyl (C=O) groups is 2. The van der Waals surface area contributed by atoms with Crippen molar-refractivity contribution in [3.05, 3.63) is 52.9 Å². The van der Waals surface area contributed by atoms with E-state index in [2.05, 4.69) is 10.6 Å².